The molecule has 2 aromatic carbocycles. The van der Waals surface area contributed by atoms with Crippen molar-refractivity contribution in [1.29, 1.82) is 0 Å². The van der Waals surface area contributed by atoms with Gasteiger partial charge in [0.1, 0.15) is 0 Å². The van der Waals surface area contributed by atoms with E-state index in [1.807, 2.05) is 6.92 Å². The van der Waals surface area contributed by atoms with Crippen molar-refractivity contribution in [2.45, 2.75) is 6.92 Å². The van der Waals surface area contributed by atoms with Crippen LogP contribution in [0.5, 0.6) is 0 Å². The van der Waals surface area contributed by atoms with E-state index in [2.05, 4.69) is 16.2 Å². The molecule has 0 atom stereocenters. The number of amides is 2. The fourth-order valence-corrected chi connectivity index (χ4v) is 2.15. The SMILES string of the molecule is Cc1c(Cl)cccc1NCC(=O)NNC(=O)c1cccc([N+](=O)[O-])c1. The molecule has 0 aliphatic rings. The minimum atomic E-state index is -0.656. The molecule has 0 saturated heterocycles. The van der Waals surface area contributed by atoms with Crippen LogP contribution in [0, 0.1) is 17.0 Å². The summed E-state index contributed by atoms with van der Waals surface area (Å²) in [5.74, 6) is -1.14. The molecule has 2 amide bonds. The van der Waals surface area contributed by atoms with Crippen molar-refractivity contribution >= 4 is 34.8 Å². The highest BCUT2D eigenvalue weighted by Crippen LogP contribution is 2.22. The van der Waals surface area contributed by atoms with E-state index in [4.69, 9.17) is 11.6 Å². The number of hydrazine groups is 1. The molecule has 130 valence electrons. The average Bonchev–Trinajstić information content (AvgIpc) is 2.61. The van der Waals surface area contributed by atoms with Crippen LogP contribution in [0.25, 0.3) is 0 Å². The number of nitrogens with one attached hydrogen (secondary N) is 3. The smallest absolute Gasteiger partial charge is 0.270 e. The molecule has 0 bridgehead atoms. The predicted molar refractivity (Wildman–Crippen MR) is 93.4 cm³/mol. The topological polar surface area (TPSA) is 113 Å². The quantitative estimate of drug-likeness (QED) is 0.558. The zero-order chi connectivity index (χ0) is 18.4. The molecule has 2 rings (SSSR count). The summed E-state index contributed by atoms with van der Waals surface area (Å²) in [5.41, 5.74) is 5.79. The Kier molecular flexibility index (Phi) is 5.91. The summed E-state index contributed by atoms with van der Waals surface area (Å²) in [5, 5.41) is 14.2. The first-order chi connectivity index (χ1) is 11.9. The summed E-state index contributed by atoms with van der Waals surface area (Å²) in [4.78, 5) is 33.8. The molecular formula is C16H15ClN4O4. The predicted octanol–water partition coefficient (Wildman–Crippen LogP) is 2.43. The number of nitro groups is 1. The van der Waals surface area contributed by atoms with Gasteiger partial charge in [-0.3, -0.25) is 30.6 Å². The number of hydrogen-bond donors (Lipinski definition) is 3. The van der Waals surface area contributed by atoms with Gasteiger partial charge in [0.25, 0.3) is 17.5 Å². The van der Waals surface area contributed by atoms with Crippen LogP contribution < -0.4 is 16.2 Å². The van der Waals surface area contributed by atoms with Gasteiger partial charge >= 0.3 is 0 Å². The van der Waals surface area contributed by atoms with E-state index in [1.165, 1.54) is 18.2 Å². The third-order valence-electron chi connectivity index (χ3n) is 3.34. The van der Waals surface area contributed by atoms with Gasteiger partial charge in [-0.25, -0.2) is 0 Å². The summed E-state index contributed by atoms with van der Waals surface area (Å²) in [7, 11) is 0. The molecule has 0 saturated carbocycles. The highest BCUT2D eigenvalue weighted by molar-refractivity contribution is 6.31. The zero-order valence-corrected chi connectivity index (χ0v) is 14.0. The normalized spacial score (nSPS) is 10.0. The number of rotatable bonds is 5. The summed E-state index contributed by atoms with van der Waals surface area (Å²) in [6.07, 6.45) is 0. The van der Waals surface area contributed by atoms with Gasteiger partial charge in [-0.2, -0.15) is 0 Å². The van der Waals surface area contributed by atoms with Crippen LogP contribution >= 0.6 is 11.6 Å². The molecule has 8 nitrogen and oxygen atoms in total. The van der Waals surface area contributed by atoms with Crippen molar-refractivity contribution < 1.29 is 14.5 Å². The van der Waals surface area contributed by atoms with Crippen LogP contribution in [0.15, 0.2) is 42.5 Å². The first kappa shape index (κ1) is 18.2. The Morgan fingerprint density at radius 3 is 2.60 bits per heavy atom. The van der Waals surface area contributed by atoms with E-state index in [1.54, 1.807) is 18.2 Å². The van der Waals surface area contributed by atoms with Crippen molar-refractivity contribution in [3.8, 4) is 0 Å². The molecule has 3 N–H and O–H groups in total. The molecule has 25 heavy (non-hydrogen) atoms. The van der Waals surface area contributed by atoms with E-state index in [9.17, 15) is 19.7 Å². The van der Waals surface area contributed by atoms with E-state index >= 15 is 0 Å². The van der Waals surface area contributed by atoms with Crippen LogP contribution in [-0.2, 0) is 4.79 Å². The van der Waals surface area contributed by atoms with Gasteiger partial charge in [0.15, 0.2) is 0 Å². The third kappa shape index (κ3) is 4.92. The summed E-state index contributed by atoms with van der Waals surface area (Å²) >= 11 is 5.99. The van der Waals surface area contributed by atoms with Crippen LogP contribution in [0.2, 0.25) is 5.02 Å². The van der Waals surface area contributed by atoms with Gasteiger partial charge in [-0.05, 0) is 30.7 Å². The Labute approximate surface area is 148 Å². The fraction of sp³-hybridized carbons (Fsp3) is 0.125. The molecular weight excluding hydrogens is 348 g/mol. The molecule has 0 aliphatic carbocycles. The van der Waals surface area contributed by atoms with E-state index in [0.29, 0.717) is 10.7 Å². The second-order valence-corrected chi connectivity index (χ2v) is 5.48. The van der Waals surface area contributed by atoms with Crippen molar-refractivity contribution in [1.82, 2.24) is 10.9 Å². The van der Waals surface area contributed by atoms with Gasteiger partial charge in [-0.15, -0.1) is 0 Å². The van der Waals surface area contributed by atoms with Crippen LogP contribution in [0.1, 0.15) is 15.9 Å². The average molecular weight is 363 g/mol. The Balaban J connectivity index is 1.87. The second-order valence-electron chi connectivity index (χ2n) is 5.08. The standard InChI is InChI=1S/C16H15ClN4O4/c1-10-13(17)6-3-7-14(10)18-9-15(22)19-20-16(23)11-4-2-5-12(8-11)21(24)25/h2-8,18H,9H2,1H3,(H,19,22)(H,20,23). The van der Waals surface area contributed by atoms with Crippen LogP contribution in [-0.4, -0.2) is 23.3 Å². The molecule has 0 spiro atoms. The van der Waals surface area contributed by atoms with Crippen LogP contribution in [0.3, 0.4) is 0 Å². The number of carbonyl (C=O) groups is 2. The molecule has 2 aromatic rings. The molecule has 0 aliphatic heterocycles. The Hall–Kier alpha value is -3.13. The van der Waals surface area contributed by atoms with Crippen molar-refractivity contribution in [2.75, 3.05) is 11.9 Å². The Morgan fingerprint density at radius 1 is 1.16 bits per heavy atom. The summed E-state index contributed by atoms with van der Waals surface area (Å²) < 4.78 is 0. The Bertz CT molecular complexity index is 826. The number of hydrogen-bond acceptors (Lipinski definition) is 5. The van der Waals surface area contributed by atoms with Gasteiger partial charge in [0, 0.05) is 28.4 Å². The molecule has 0 fully saturated rings. The lowest BCUT2D eigenvalue weighted by Gasteiger charge is -2.11. The van der Waals surface area contributed by atoms with Gasteiger partial charge in [-0.1, -0.05) is 23.7 Å². The Morgan fingerprint density at radius 2 is 1.88 bits per heavy atom. The largest absolute Gasteiger partial charge is 0.376 e. The molecule has 0 radical (unpaired) electrons. The first-order valence-corrected chi connectivity index (χ1v) is 7.59. The summed E-state index contributed by atoms with van der Waals surface area (Å²) in [6, 6.07) is 10.4. The molecule has 9 heteroatoms. The fourth-order valence-electron chi connectivity index (χ4n) is 1.98. The minimum absolute atomic E-state index is 0.0631. The maximum Gasteiger partial charge on any atom is 0.270 e. The summed E-state index contributed by atoms with van der Waals surface area (Å²) in [6.45, 7) is 1.73. The lowest BCUT2D eigenvalue weighted by molar-refractivity contribution is -0.384. The zero-order valence-electron chi connectivity index (χ0n) is 13.2. The maximum absolute atomic E-state index is 11.9. The number of halogens is 1. The monoisotopic (exact) mass is 362 g/mol. The number of nitro benzene ring substituents is 1. The third-order valence-corrected chi connectivity index (χ3v) is 3.75. The van der Waals surface area contributed by atoms with Crippen molar-refractivity contribution in [3.63, 3.8) is 0 Å². The number of non-ortho nitro benzene ring substituents is 1. The van der Waals surface area contributed by atoms with Gasteiger partial charge < -0.3 is 5.32 Å². The van der Waals surface area contributed by atoms with Gasteiger partial charge in [0.2, 0.25) is 0 Å². The lowest BCUT2D eigenvalue weighted by Crippen LogP contribution is -2.44. The van der Waals surface area contributed by atoms with E-state index < -0.39 is 16.7 Å². The maximum atomic E-state index is 11.9. The van der Waals surface area contributed by atoms with E-state index in [0.717, 1.165) is 11.6 Å². The first-order valence-electron chi connectivity index (χ1n) is 7.21. The van der Waals surface area contributed by atoms with Crippen LogP contribution in [0.4, 0.5) is 11.4 Å². The number of carbonyl (C=O) groups excluding carboxylic acids is 2. The lowest BCUT2D eigenvalue weighted by atomic mass is 10.2. The highest BCUT2D eigenvalue weighted by atomic mass is 35.5. The minimum Gasteiger partial charge on any atom is -0.376 e. The molecule has 0 heterocycles. The second kappa shape index (κ2) is 8.11. The number of anilines is 1. The highest BCUT2D eigenvalue weighted by Gasteiger charge is 2.12. The molecule has 0 unspecified atom stereocenters. The number of benzene rings is 2. The van der Waals surface area contributed by atoms with Crippen molar-refractivity contribution in [3.05, 3.63) is 68.7 Å². The molecule has 0 aromatic heterocycles. The van der Waals surface area contributed by atoms with Crippen molar-refractivity contribution in [2.24, 2.45) is 0 Å². The van der Waals surface area contributed by atoms with E-state index in [-0.39, 0.29) is 17.8 Å². The van der Waals surface area contributed by atoms with Gasteiger partial charge in [0.05, 0.1) is 11.5 Å². The number of nitrogens with zero attached hydrogens (tertiary/aromatic N) is 1.